The molecule has 0 N–H and O–H groups in total. The van der Waals surface area contributed by atoms with E-state index >= 15 is 0 Å². The zero-order valence-electron chi connectivity index (χ0n) is 14.3. The van der Waals surface area contributed by atoms with Gasteiger partial charge in [-0.25, -0.2) is 0 Å². The maximum absolute atomic E-state index is 2.37. The van der Waals surface area contributed by atoms with Crippen LogP contribution in [0.4, 0.5) is 0 Å². The Kier molecular flexibility index (Phi) is 4.63. The Labute approximate surface area is 150 Å². The first-order chi connectivity index (χ1) is 12.4. The Morgan fingerprint density at radius 1 is 0.560 bits per heavy atom. The molecule has 0 aliphatic heterocycles. The van der Waals surface area contributed by atoms with E-state index in [9.17, 15) is 0 Å². The summed E-state index contributed by atoms with van der Waals surface area (Å²) in [7, 11) is -1.82. The molecule has 0 spiro atoms. The van der Waals surface area contributed by atoms with E-state index in [1.807, 2.05) is 0 Å². The highest BCUT2D eigenvalue weighted by Crippen LogP contribution is 2.64. The number of hydrogen-bond donors (Lipinski definition) is 0. The second kappa shape index (κ2) is 7.21. The third kappa shape index (κ3) is 2.88. The van der Waals surface area contributed by atoms with Crippen molar-refractivity contribution in [2.24, 2.45) is 0 Å². The third-order valence-corrected chi connectivity index (χ3v) is 9.31. The van der Waals surface area contributed by atoms with E-state index in [-0.39, 0.29) is 0 Å². The van der Waals surface area contributed by atoms with Crippen molar-refractivity contribution in [1.29, 1.82) is 0 Å². The molecule has 0 saturated heterocycles. The molecule has 4 rings (SSSR count). The summed E-state index contributed by atoms with van der Waals surface area (Å²) in [6.07, 6.45) is 9.13. The predicted octanol–water partition coefficient (Wildman–Crippen LogP) is 5.21. The van der Waals surface area contributed by atoms with Gasteiger partial charge in [-0.1, -0.05) is 66.7 Å². The first kappa shape index (κ1) is 16.1. The fourth-order valence-electron chi connectivity index (χ4n) is 3.77. The Bertz CT molecular complexity index is 780. The van der Waals surface area contributed by atoms with Gasteiger partial charge in [-0.05, 0) is 48.9 Å². The minimum atomic E-state index is -1.82. The highest BCUT2D eigenvalue weighted by molar-refractivity contribution is 7.99. The van der Waals surface area contributed by atoms with Gasteiger partial charge in [0.05, 0.1) is 5.31 Å². The molecule has 3 aromatic rings. The van der Waals surface area contributed by atoms with Crippen LogP contribution in [-0.2, 0) is 0 Å². The highest BCUT2D eigenvalue weighted by Gasteiger charge is 2.48. The highest BCUT2D eigenvalue weighted by atomic mass is 31.2. The summed E-state index contributed by atoms with van der Waals surface area (Å²) in [5, 5.41) is 5.88. The van der Waals surface area contributed by atoms with Gasteiger partial charge in [0.25, 0.3) is 0 Å². The molecule has 25 heavy (non-hydrogen) atoms. The zero-order valence-corrected chi connectivity index (χ0v) is 15.1. The molecule has 1 heteroatoms. The molecule has 0 unspecified atom stereocenters. The quantitative estimate of drug-likeness (QED) is 0.571. The fourth-order valence-corrected chi connectivity index (χ4v) is 8.29. The van der Waals surface area contributed by atoms with E-state index in [2.05, 4.69) is 109 Å². The van der Waals surface area contributed by atoms with E-state index in [0.717, 1.165) is 12.8 Å². The average molecular weight is 341 g/mol. The van der Waals surface area contributed by atoms with Gasteiger partial charge < -0.3 is 0 Å². The molecule has 1 aliphatic rings. The second-order valence-corrected chi connectivity index (χ2v) is 9.77. The summed E-state index contributed by atoms with van der Waals surface area (Å²) in [6, 6.07) is 33.3. The van der Waals surface area contributed by atoms with Crippen LogP contribution in [0.3, 0.4) is 0 Å². The van der Waals surface area contributed by atoms with E-state index in [1.165, 1.54) is 15.9 Å². The lowest BCUT2D eigenvalue weighted by atomic mass is 10.2. The van der Waals surface area contributed by atoms with Crippen LogP contribution in [0, 0.1) is 0 Å². The van der Waals surface area contributed by atoms with Crippen molar-refractivity contribution in [3.63, 3.8) is 0 Å². The summed E-state index contributed by atoms with van der Waals surface area (Å²) < 4.78 is 0. The van der Waals surface area contributed by atoms with Gasteiger partial charge in [-0.15, -0.1) is 0 Å². The Morgan fingerprint density at radius 3 is 1.36 bits per heavy atom. The van der Waals surface area contributed by atoms with E-state index in [4.69, 9.17) is 0 Å². The van der Waals surface area contributed by atoms with Gasteiger partial charge in [-0.3, -0.25) is 0 Å². The van der Waals surface area contributed by atoms with Crippen molar-refractivity contribution in [1.82, 2.24) is 0 Å². The van der Waals surface area contributed by atoms with Crippen LogP contribution in [0.25, 0.3) is 0 Å². The third-order valence-electron chi connectivity index (χ3n) is 4.85. The summed E-state index contributed by atoms with van der Waals surface area (Å²) in [4.78, 5) is 0. The number of allylic oxidation sites excluding steroid dienone is 4. The molecule has 0 bridgehead atoms. The van der Waals surface area contributed by atoms with E-state index in [1.54, 1.807) is 5.31 Å². The van der Waals surface area contributed by atoms with Gasteiger partial charge in [0.1, 0.15) is 23.2 Å². The van der Waals surface area contributed by atoms with Crippen molar-refractivity contribution in [2.45, 2.75) is 12.8 Å². The summed E-state index contributed by atoms with van der Waals surface area (Å²) in [6.45, 7) is 0. The van der Waals surface area contributed by atoms with Gasteiger partial charge >= 0.3 is 0 Å². The number of benzene rings is 3. The van der Waals surface area contributed by atoms with Crippen molar-refractivity contribution >= 4 is 23.2 Å². The largest absolute Gasteiger partial charge is 0.140 e. The van der Waals surface area contributed by atoms with Crippen molar-refractivity contribution in [3.8, 4) is 0 Å². The smallest absolute Gasteiger partial charge is 0.0839 e. The van der Waals surface area contributed by atoms with Crippen LogP contribution >= 0.6 is 7.26 Å². The van der Waals surface area contributed by atoms with Crippen molar-refractivity contribution in [2.75, 3.05) is 0 Å². The lowest BCUT2D eigenvalue weighted by Crippen LogP contribution is -2.32. The molecule has 0 fully saturated rings. The van der Waals surface area contributed by atoms with Gasteiger partial charge in [-0.2, -0.15) is 0 Å². The second-order valence-electron chi connectivity index (χ2n) is 6.30. The number of hydrogen-bond acceptors (Lipinski definition) is 0. The van der Waals surface area contributed by atoms with Gasteiger partial charge in [0.15, 0.2) is 0 Å². The minimum absolute atomic E-state index is 1.13. The Balaban J connectivity index is 2.08. The van der Waals surface area contributed by atoms with Crippen LogP contribution < -0.4 is 15.9 Å². The average Bonchev–Trinajstić information content (AvgIpc) is 2.72. The van der Waals surface area contributed by atoms with Crippen LogP contribution in [0.2, 0.25) is 0 Å². The van der Waals surface area contributed by atoms with Crippen molar-refractivity contribution in [3.05, 3.63) is 115 Å². The van der Waals surface area contributed by atoms with Crippen LogP contribution in [0.15, 0.2) is 115 Å². The topological polar surface area (TPSA) is 0 Å². The van der Waals surface area contributed by atoms with Crippen LogP contribution in [-0.4, -0.2) is 0 Å². The van der Waals surface area contributed by atoms with Crippen molar-refractivity contribution < 1.29 is 0 Å². The maximum atomic E-state index is 2.37. The maximum Gasteiger partial charge on any atom is 0.140 e. The summed E-state index contributed by atoms with van der Waals surface area (Å²) in [5.41, 5.74) is 0. The standard InChI is InChI=1S/C24H22P/c1-5-13-21(14-6-1)25(22-15-7-2-8-16-22,23-17-9-3-10-18-23)24-19-11-4-12-20-24/h1-11,13-19H,12,20H2/q+1. The normalized spacial score (nSPS) is 14.2. The summed E-state index contributed by atoms with van der Waals surface area (Å²) in [5.74, 6) is 0. The predicted molar refractivity (Wildman–Crippen MR) is 112 cm³/mol. The molecule has 0 atom stereocenters. The van der Waals surface area contributed by atoms with Gasteiger partial charge in [0.2, 0.25) is 0 Å². The molecule has 0 nitrogen and oxygen atoms in total. The molecule has 0 aromatic heterocycles. The Hall–Kier alpha value is -2.43. The molecule has 0 heterocycles. The SMILES string of the molecule is C1=CCCC([P+](c2ccccc2)(c2ccccc2)c2ccccc2)=C1. The van der Waals surface area contributed by atoms with Crippen LogP contribution in [0.1, 0.15) is 12.8 Å². The lowest BCUT2D eigenvalue weighted by molar-refractivity contribution is 1.02. The van der Waals surface area contributed by atoms with Crippen LogP contribution in [0.5, 0.6) is 0 Å². The minimum Gasteiger partial charge on any atom is -0.0839 e. The molecule has 3 aromatic carbocycles. The van der Waals surface area contributed by atoms with Gasteiger partial charge in [0, 0.05) is 6.42 Å². The molecule has 122 valence electrons. The molecule has 0 radical (unpaired) electrons. The number of rotatable bonds is 4. The monoisotopic (exact) mass is 341 g/mol. The van der Waals surface area contributed by atoms with E-state index < -0.39 is 7.26 Å². The molecule has 0 saturated carbocycles. The Morgan fingerprint density at radius 2 is 1.00 bits per heavy atom. The first-order valence-electron chi connectivity index (χ1n) is 8.84. The fraction of sp³-hybridized carbons (Fsp3) is 0.0833. The molecule has 0 amide bonds. The summed E-state index contributed by atoms with van der Waals surface area (Å²) >= 11 is 0. The molecular weight excluding hydrogens is 319 g/mol. The molecule has 1 aliphatic carbocycles. The lowest BCUT2D eigenvalue weighted by Gasteiger charge is -2.30. The molecular formula is C24H22P+. The zero-order chi connectivity index (χ0) is 17.0. The van der Waals surface area contributed by atoms with E-state index in [0.29, 0.717) is 0 Å². The first-order valence-corrected chi connectivity index (χ1v) is 10.6.